The molecule has 0 fully saturated rings. The third-order valence-electron chi connectivity index (χ3n) is 9.08. The number of ether oxygens (including phenoxy) is 5. The van der Waals surface area contributed by atoms with Crippen molar-refractivity contribution in [2.45, 2.75) is 58.3 Å². The Bertz CT molecular complexity index is 1690. The molecule has 14 nitrogen and oxygen atoms in total. The summed E-state index contributed by atoms with van der Waals surface area (Å²) in [6.07, 6.45) is 1.69. The van der Waals surface area contributed by atoms with Crippen molar-refractivity contribution in [3.8, 4) is 23.0 Å². The third-order valence-corrected chi connectivity index (χ3v) is 9.08. The molecule has 52 heavy (non-hydrogen) atoms. The lowest BCUT2D eigenvalue weighted by molar-refractivity contribution is -0.0115. The number of fused-ring (bicyclic) bond motifs is 2. The lowest BCUT2D eigenvalue weighted by Crippen LogP contribution is -2.48. The van der Waals surface area contributed by atoms with E-state index in [1.807, 2.05) is 13.8 Å². The van der Waals surface area contributed by atoms with E-state index < -0.39 is 18.2 Å². The van der Waals surface area contributed by atoms with Crippen molar-refractivity contribution in [1.29, 1.82) is 0 Å². The molecule has 0 saturated carbocycles. The molecule has 0 radical (unpaired) electrons. The largest absolute Gasteiger partial charge is 0.497 e. The normalized spacial score (nSPS) is 19.7. The maximum absolute atomic E-state index is 14.4. The fourth-order valence-electron chi connectivity index (χ4n) is 5.98. The second kappa shape index (κ2) is 17.8. The van der Waals surface area contributed by atoms with Crippen LogP contribution in [0, 0.1) is 5.92 Å². The molecular formula is C38H49N5O9. The predicted octanol–water partition coefficient (Wildman–Crippen LogP) is 6.03. The molecule has 3 aromatic rings. The number of urea groups is 2. The van der Waals surface area contributed by atoms with Crippen LogP contribution in [0.25, 0.3) is 0 Å². The Balaban J connectivity index is 1.34. The zero-order valence-corrected chi connectivity index (χ0v) is 30.3. The molecule has 2 aliphatic rings. The van der Waals surface area contributed by atoms with Gasteiger partial charge in [0.25, 0.3) is 5.91 Å². The number of nitrogens with zero attached hydrogens (tertiary/aromatic N) is 2. The lowest BCUT2D eigenvalue weighted by atomic mass is 10.0. The van der Waals surface area contributed by atoms with Gasteiger partial charge in [-0.15, -0.1) is 0 Å². The number of anilines is 3. The van der Waals surface area contributed by atoms with Gasteiger partial charge in [-0.25, -0.2) is 9.59 Å². The second-order valence-electron chi connectivity index (χ2n) is 13.2. The predicted molar refractivity (Wildman–Crippen MR) is 197 cm³/mol. The van der Waals surface area contributed by atoms with Crippen LogP contribution in [0.1, 0.15) is 50.4 Å². The van der Waals surface area contributed by atoms with Crippen molar-refractivity contribution < 1.29 is 43.2 Å². The molecule has 3 aromatic carbocycles. The third kappa shape index (κ3) is 9.98. The number of likely N-dealkylation sites (N-methyl/N-ethyl adjacent to an activating group) is 1. The Morgan fingerprint density at radius 2 is 1.62 bits per heavy atom. The van der Waals surface area contributed by atoms with Crippen molar-refractivity contribution in [1.82, 2.24) is 9.80 Å². The van der Waals surface area contributed by atoms with Crippen LogP contribution in [0.2, 0.25) is 0 Å². The first kappa shape index (κ1) is 38.0. The minimum absolute atomic E-state index is 0.118. The minimum Gasteiger partial charge on any atom is -0.497 e. The lowest BCUT2D eigenvalue weighted by Gasteiger charge is -2.35. The second-order valence-corrected chi connectivity index (χ2v) is 13.2. The van der Waals surface area contributed by atoms with E-state index in [1.54, 1.807) is 91.5 Å². The summed E-state index contributed by atoms with van der Waals surface area (Å²) < 4.78 is 28.6. The van der Waals surface area contributed by atoms with Crippen molar-refractivity contribution in [3.63, 3.8) is 0 Å². The molecular weight excluding hydrogens is 670 g/mol. The first-order valence-corrected chi connectivity index (χ1v) is 17.5. The van der Waals surface area contributed by atoms with E-state index in [-0.39, 0.29) is 56.0 Å². The number of nitrogens with one attached hydrogen (secondary N) is 3. The van der Waals surface area contributed by atoms with Gasteiger partial charge in [0, 0.05) is 55.8 Å². The number of hydrogen-bond acceptors (Lipinski definition) is 9. The monoisotopic (exact) mass is 719 g/mol. The molecule has 5 rings (SSSR count). The average molecular weight is 720 g/mol. The molecule has 0 saturated heterocycles. The zero-order chi connectivity index (χ0) is 37.2. The standard InChI is InChI=1S/C38H49N5O9/c1-24-20-43(25(2)22-44)36(45)31-18-28(39-37(46)40-29-12-16-33-34(19-29)51-23-50-33)11-15-32(31)52-26(3)8-6-7-17-49-35(24)21-42(4)38(47)41-27-9-13-30(48-5)14-10-27/h9-16,18-19,24-26,35,44H,6-8,17,20-23H2,1-5H3,(H,41,47)(H2,39,40,46)/t24-,25+,26-,35+/m1/s1. The molecule has 4 N–H and O–H groups in total. The maximum Gasteiger partial charge on any atom is 0.323 e. The Hall–Kier alpha value is -5.21. The molecule has 0 spiro atoms. The van der Waals surface area contributed by atoms with Crippen molar-refractivity contribution in [3.05, 3.63) is 66.2 Å². The fraction of sp³-hybridized carbons (Fsp3) is 0.447. The summed E-state index contributed by atoms with van der Waals surface area (Å²) in [5.74, 6) is 1.57. The van der Waals surface area contributed by atoms with E-state index in [0.717, 1.165) is 19.3 Å². The van der Waals surface area contributed by atoms with Gasteiger partial charge in [-0.2, -0.15) is 0 Å². The number of methoxy groups -OCH3 is 1. The van der Waals surface area contributed by atoms with Crippen LogP contribution in [0.4, 0.5) is 26.7 Å². The van der Waals surface area contributed by atoms with E-state index in [1.165, 1.54) is 0 Å². The summed E-state index contributed by atoms with van der Waals surface area (Å²) in [6.45, 7) is 6.47. The summed E-state index contributed by atoms with van der Waals surface area (Å²) in [6, 6.07) is 15.7. The van der Waals surface area contributed by atoms with Gasteiger partial charge in [0.15, 0.2) is 11.5 Å². The van der Waals surface area contributed by atoms with Crippen molar-refractivity contribution in [2.24, 2.45) is 5.92 Å². The molecule has 14 heteroatoms. The van der Waals surface area contributed by atoms with Gasteiger partial charge < -0.3 is 54.5 Å². The van der Waals surface area contributed by atoms with Crippen LogP contribution in [0.15, 0.2) is 60.7 Å². The fourth-order valence-corrected chi connectivity index (χ4v) is 5.98. The minimum atomic E-state index is -0.559. The quantitative estimate of drug-likeness (QED) is 0.218. The van der Waals surface area contributed by atoms with Gasteiger partial charge in [-0.05, 0) is 87.7 Å². The van der Waals surface area contributed by atoms with Crippen LogP contribution in [-0.4, -0.2) is 98.4 Å². The summed E-state index contributed by atoms with van der Waals surface area (Å²) in [7, 11) is 3.28. The molecule has 0 bridgehead atoms. The summed E-state index contributed by atoms with van der Waals surface area (Å²) in [4.78, 5) is 43.8. The Morgan fingerprint density at radius 3 is 2.33 bits per heavy atom. The Kier molecular flexibility index (Phi) is 13.0. The van der Waals surface area contributed by atoms with Crippen LogP contribution < -0.4 is 34.9 Å². The van der Waals surface area contributed by atoms with Gasteiger partial charge in [-0.1, -0.05) is 6.92 Å². The van der Waals surface area contributed by atoms with E-state index in [9.17, 15) is 19.5 Å². The molecule has 2 heterocycles. The first-order valence-electron chi connectivity index (χ1n) is 17.5. The zero-order valence-electron chi connectivity index (χ0n) is 30.3. The molecule has 4 atom stereocenters. The Labute approximate surface area is 304 Å². The molecule has 0 aromatic heterocycles. The van der Waals surface area contributed by atoms with Gasteiger partial charge in [-0.3, -0.25) is 4.79 Å². The van der Waals surface area contributed by atoms with E-state index in [4.69, 9.17) is 23.7 Å². The van der Waals surface area contributed by atoms with Gasteiger partial charge >= 0.3 is 12.1 Å². The number of aliphatic hydroxyl groups excluding tert-OH is 1. The number of aliphatic hydroxyl groups is 1. The van der Waals surface area contributed by atoms with Crippen LogP contribution in [0.3, 0.4) is 0 Å². The highest BCUT2D eigenvalue weighted by Crippen LogP contribution is 2.34. The number of carbonyl (C=O) groups excluding carboxylic acids is 3. The average Bonchev–Trinajstić information content (AvgIpc) is 3.61. The van der Waals surface area contributed by atoms with Crippen LogP contribution >= 0.6 is 0 Å². The number of hydrogen-bond donors (Lipinski definition) is 4. The number of amides is 5. The summed E-state index contributed by atoms with van der Waals surface area (Å²) in [5, 5.41) is 18.8. The highest BCUT2D eigenvalue weighted by Gasteiger charge is 2.31. The van der Waals surface area contributed by atoms with Crippen molar-refractivity contribution in [2.75, 3.05) is 63.2 Å². The van der Waals surface area contributed by atoms with E-state index in [2.05, 4.69) is 16.0 Å². The highest BCUT2D eigenvalue weighted by atomic mass is 16.7. The SMILES string of the molecule is COc1ccc(NC(=O)N(C)C[C@@H]2OCCCC[C@@H](C)Oc3ccc(NC(=O)Nc4ccc5c(c4)OCO5)cc3C(=O)N([C@@H](C)CO)C[C@H]2C)cc1. The molecule has 2 aliphatic heterocycles. The van der Waals surface area contributed by atoms with Gasteiger partial charge in [0.05, 0.1) is 37.5 Å². The first-order chi connectivity index (χ1) is 25.0. The molecule has 0 aliphatic carbocycles. The highest BCUT2D eigenvalue weighted by molar-refractivity contribution is 6.02. The summed E-state index contributed by atoms with van der Waals surface area (Å²) in [5.41, 5.74) is 1.75. The van der Waals surface area contributed by atoms with E-state index >= 15 is 0 Å². The summed E-state index contributed by atoms with van der Waals surface area (Å²) >= 11 is 0. The van der Waals surface area contributed by atoms with Crippen molar-refractivity contribution >= 4 is 35.0 Å². The van der Waals surface area contributed by atoms with Gasteiger partial charge in [0.2, 0.25) is 6.79 Å². The van der Waals surface area contributed by atoms with Gasteiger partial charge in [0.1, 0.15) is 11.5 Å². The van der Waals surface area contributed by atoms with E-state index in [0.29, 0.717) is 46.7 Å². The molecule has 5 amide bonds. The number of carbonyl (C=O) groups is 3. The van der Waals surface area contributed by atoms with Crippen LogP contribution in [0.5, 0.6) is 23.0 Å². The topological polar surface area (TPSA) is 160 Å². The number of rotatable bonds is 8. The Morgan fingerprint density at radius 1 is 0.942 bits per heavy atom. The smallest absolute Gasteiger partial charge is 0.323 e. The maximum atomic E-state index is 14.4. The number of benzene rings is 3. The molecule has 280 valence electrons. The molecule has 0 unspecified atom stereocenters. The van der Waals surface area contributed by atoms with Crippen LogP contribution in [-0.2, 0) is 4.74 Å².